The lowest BCUT2D eigenvalue weighted by molar-refractivity contribution is -0.147. The first kappa shape index (κ1) is 16.0. The Balaban J connectivity index is 1.70. The van der Waals surface area contributed by atoms with Gasteiger partial charge in [-0.2, -0.15) is 0 Å². The first-order chi connectivity index (χ1) is 10.9. The van der Waals surface area contributed by atoms with E-state index < -0.39 is 23.3 Å². The fourth-order valence-corrected chi connectivity index (χ4v) is 4.71. The van der Waals surface area contributed by atoms with Gasteiger partial charge in [0, 0.05) is 11.0 Å². The van der Waals surface area contributed by atoms with Gasteiger partial charge in [-0.1, -0.05) is 16.9 Å². The van der Waals surface area contributed by atoms with Gasteiger partial charge in [-0.3, -0.25) is 14.5 Å². The zero-order valence-corrected chi connectivity index (χ0v) is 13.5. The highest BCUT2D eigenvalue weighted by atomic mass is 32.2. The molecule has 0 aromatic carbocycles. The topological polar surface area (TPSA) is 140 Å². The molecule has 0 spiro atoms. The number of thioether (sulfide) groups is 2. The van der Waals surface area contributed by atoms with Gasteiger partial charge in [0.05, 0.1) is 0 Å². The summed E-state index contributed by atoms with van der Waals surface area (Å²) in [7, 11) is 0. The molecule has 0 radical (unpaired) electrons. The molecule has 122 valence electrons. The van der Waals surface area contributed by atoms with Crippen LogP contribution in [0.15, 0.2) is 16.4 Å². The van der Waals surface area contributed by atoms with Crippen LogP contribution in [0.3, 0.4) is 0 Å². The maximum atomic E-state index is 12.0. The average Bonchev–Trinajstić information content (AvgIpc) is 2.96. The van der Waals surface area contributed by atoms with Crippen molar-refractivity contribution in [3.63, 3.8) is 0 Å². The molecule has 2 unspecified atom stereocenters. The van der Waals surface area contributed by atoms with E-state index in [0.29, 0.717) is 11.4 Å². The van der Waals surface area contributed by atoms with Gasteiger partial charge in [0.25, 0.3) is 0 Å². The Morgan fingerprint density at radius 1 is 1.52 bits per heavy atom. The number of carboxylic acids is 1. The summed E-state index contributed by atoms with van der Waals surface area (Å²) in [6.07, 6.45) is 1.47. The van der Waals surface area contributed by atoms with Crippen LogP contribution in [-0.2, 0) is 9.59 Å². The first-order valence-electron chi connectivity index (χ1n) is 6.55. The number of hydrogen-bond acceptors (Lipinski definition) is 9. The summed E-state index contributed by atoms with van der Waals surface area (Å²) in [6.45, 7) is 1.61. The molecule has 23 heavy (non-hydrogen) atoms. The van der Waals surface area contributed by atoms with E-state index in [0.717, 1.165) is 11.8 Å². The lowest BCUT2D eigenvalue weighted by Gasteiger charge is -2.48. The largest absolute Gasteiger partial charge is 0.477 e. The number of fused-ring (bicyclic) bond motifs is 1. The first-order valence-corrected chi connectivity index (χ1v) is 8.48. The Labute approximate surface area is 138 Å². The van der Waals surface area contributed by atoms with Crippen molar-refractivity contribution < 1.29 is 24.1 Å². The molecule has 11 heteroatoms. The van der Waals surface area contributed by atoms with E-state index in [1.807, 2.05) is 0 Å². The van der Waals surface area contributed by atoms with Gasteiger partial charge in [0.2, 0.25) is 11.0 Å². The molecule has 0 saturated carbocycles. The number of amides is 1. The number of carbonyl (C=O) groups is 3. The molecular weight excluding hydrogens is 344 g/mol. The van der Waals surface area contributed by atoms with Crippen LogP contribution in [0.4, 0.5) is 0 Å². The van der Waals surface area contributed by atoms with Gasteiger partial charge in [-0.05, 0) is 18.2 Å². The quantitative estimate of drug-likeness (QED) is 0.699. The van der Waals surface area contributed by atoms with Gasteiger partial charge >= 0.3 is 5.97 Å². The van der Waals surface area contributed by atoms with Crippen molar-refractivity contribution in [2.24, 2.45) is 5.73 Å². The molecule has 1 aromatic heterocycles. The monoisotopic (exact) mass is 356 g/mol. The predicted octanol–water partition coefficient (Wildman–Crippen LogP) is -0.169. The third-order valence-electron chi connectivity index (χ3n) is 3.45. The smallest absolute Gasteiger partial charge is 0.352 e. The van der Waals surface area contributed by atoms with Crippen LogP contribution in [0.1, 0.15) is 16.2 Å². The van der Waals surface area contributed by atoms with Crippen LogP contribution in [-0.4, -0.2) is 59.7 Å². The summed E-state index contributed by atoms with van der Waals surface area (Å²) in [5.74, 6) is -1.26. The number of hydrogen-bond donors (Lipinski definition) is 2. The average molecular weight is 356 g/mol. The Morgan fingerprint density at radius 2 is 2.26 bits per heavy atom. The summed E-state index contributed by atoms with van der Waals surface area (Å²) in [5.41, 5.74) is 6.18. The SMILES string of the molecule is Cc1nonc1C(=O)SCC1C=C(C(=O)O)N2C(=O)C(N)[C@H]2S1. The van der Waals surface area contributed by atoms with E-state index in [1.54, 1.807) is 6.92 Å². The molecule has 1 aromatic rings. The van der Waals surface area contributed by atoms with Crippen LogP contribution < -0.4 is 5.73 Å². The van der Waals surface area contributed by atoms with Crippen molar-refractivity contribution >= 4 is 40.5 Å². The third-order valence-corrected chi connectivity index (χ3v) is 6.07. The van der Waals surface area contributed by atoms with Crippen molar-refractivity contribution in [2.45, 2.75) is 23.6 Å². The Bertz CT molecular complexity index is 718. The summed E-state index contributed by atoms with van der Waals surface area (Å²) in [5, 5.41) is 15.3. The molecule has 0 bridgehead atoms. The van der Waals surface area contributed by atoms with Gasteiger partial charge < -0.3 is 10.8 Å². The summed E-state index contributed by atoms with van der Waals surface area (Å²) >= 11 is 2.36. The number of nitrogens with two attached hydrogens (primary N) is 1. The van der Waals surface area contributed by atoms with E-state index in [-0.39, 0.29) is 21.8 Å². The van der Waals surface area contributed by atoms with Crippen molar-refractivity contribution in [3.05, 3.63) is 23.2 Å². The van der Waals surface area contributed by atoms with Gasteiger partial charge in [-0.25, -0.2) is 9.42 Å². The standard InChI is InChI=1S/C12H12N4O5S2/c1-4-8(15-21-14-4)12(20)22-3-5-2-6(11(18)19)16-9(17)7(13)10(16)23-5/h2,5,7,10H,3,13H2,1H3,(H,18,19)/t5?,7?,10-/m1/s1. The van der Waals surface area contributed by atoms with Crippen LogP contribution in [0.2, 0.25) is 0 Å². The molecular formula is C12H12N4O5S2. The molecule has 3 heterocycles. The fourth-order valence-electron chi connectivity index (χ4n) is 2.27. The minimum Gasteiger partial charge on any atom is -0.477 e. The molecule has 0 aliphatic carbocycles. The van der Waals surface area contributed by atoms with E-state index in [4.69, 9.17) is 5.73 Å². The number of β-lactam (4-membered cyclic amide) rings is 1. The van der Waals surface area contributed by atoms with Gasteiger partial charge in [0.1, 0.15) is 22.8 Å². The van der Waals surface area contributed by atoms with E-state index in [1.165, 1.54) is 22.7 Å². The number of aryl methyl sites for hydroxylation is 1. The van der Waals surface area contributed by atoms with Gasteiger partial charge in [0.15, 0.2) is 5.69 Å². The molecule has 2 aliphatic heterocycles. The predicted molar refractivity (Wildman–Crippen MR) is 81.5 cm³/mol. The summed E-state index contributed by atoms with van der Waals surface area (Å²) < 4.78 is 4.48. The molecule has 9 nitrogen and oxygen atoms in total. The molecule has 1 amide bonds. The lowest BCUT2D eigenvalue weighted by atomic mass is 10.1. The van der Waals surface area contributed by atoms with Crippen LogP contribution in [0.25, 0.3) is 0 Å². The fraction of sp³-hybridized carbons (Fsp3) is 0.417. The lowest BCUT2D eigenvalue weighted by Crippen LogP contribution is -2.68. The normalized spacial score (nSPS) is 26.3. The minimum atomic E-state index is -1.19. The molecule has 1 fully saturated rings. The second-order valence-corrected chi connectivity index (χ2v) is 7.31. The van der Waals surface area contributed by atoms with Crippen molar-refractivity contribution in [3.8, 4) is 0 Å². The second-order valence-electron chi connectivity index (χ2n) is 4.95. The van der Waals surface area contributed by atoms with E-state index in [2.05, 4.69) is 14.9 Å². The molecule has 3 N–H and O–H groups in total. The number of carboxylic acid groups (broad SMARTS) is 1. The highest BCUT2D eigenvalue weighted by Gasteiger charge is 2.51. The Hall–Kier alpha value is -1.85. The van der Waals surface area contributed by atoms with Crippen molar-refractivity contribution in [1.29, 1.82) is 0 Å². The van der Waals surface area contributed by atoms with Crippen molar-refractivity contribution in [2.75, 3.05) is 5.75 Å². The zero-order valence-electron chi connectivity index (χ0n) is 11.8. The second kappa shape index (κ2) is 5.98. The van der Waals surface area contributed by atoms with Crippen LogP contribution >= 0.6 is 23.5 Å². The highest BCUT2D eigenvalue weighted by Crippen LogP contribution is 2.41. The molecule has 1 saturated heterocycles. The number of aromatic nitrogens is 2. The number of carbonyl (C=O) groups excluding carboxylic acids is 2. The van der Waals surface area contributed by atoms with E-state index >= 15 is 0 Å². The van der Waals surface area contributed by atoms with Crippen molar-refractivity contribution in [1.82, 2.24) is 15.2 Å². The molecule has 3 rings (SSSR count). The Kier molecular flexibility index (Phi) is 4.17. The van der Waals surface area contributed by atoms with Crippen LogP contribution in [0, 0.1) is 6.92 Å². The number of nitrogens with zero attached hydrogens (tertiary/aromatic N) is 3. The maximum absolute atomic E-state index is 12.0. The molecule has 3 atom stereocenters. The number of rotatable bonds is 4. The summed E-state index contributed by atoms with van der Waals surface area (Å²) in [4.78, 5) is 36.2. The highest BCUT2D eigenvalue weighted by molar-refractivity contribution is 8.15. The molecule has 2 aliphatic rings. The zero-order chi connectivity index (χ0) is 16.7. The van der Waals surface area contributed by atoms with Gasteiger partial charge in [-0.15, -0.1) is 11.8 Å². The van der Waals surface area contributed by atoms with E-state index in [9.17, 15) is 19.5 Å². The minimum absolute atomic E-state index is 0.0854. The van der Waals surface area contributed by atoms with Crippen LogP contribution in [0.5, 0.6) is 0 Å². The number of aliphatic carboxylic acids is 1. The Morgan fingerprint density at radius 3 is 2.87 bits per heavy atom. The third kappa shape index (κ3) is 2.75. The maximum Gasteiger partial charge on any atom is 0.352 e. The summed E-state index contributed by atoms with van der Waals surface area (Å²) in [6, 6.07) is -0.715.